The van der Waals surface area contributed by atoms with E-state index in [1.54, 1.807) is 7.11 Å². The minimum absolute atomic E-state index is 0.0899. The highest BCUT2D eigenvalue weighted by Crippen LogP contribution is 2.36. The Hall–Kier alpha value is -2.67. The van der Waals surface area contributed by atoms with Gasteiger partial charge in [0.15, 0.2) is 0 Å². The molecule has 31 heavy (non-hydrogen) atoms. The zero-order valence-corrected chi connectivity index (χ0v) is 19.5. The van der Waals surface area contributed by atoms with Gasteiger partial charge >= 0.3 is 0 Å². The van der Waals surface area contributed by atoms with Gasteiger partial charge < -0.3 is 14.5 Å². The lowest BCUT2D eigenvalue weighted by Crippen LogP contribution is -2.43. The van der Waals surface area contributed by atoms with Crippen LogP contribution in [0.25, 0.3) is 11.1 Å². The number of carbonyl (C=O) groups excluding carboxylic acids is 1. The molecule has 1 aliphatic heterocycles. The van der Waals surface area contributed by atoms with Gasteiger partial charge in [0.25, 0.3) is 0 Å². The van der Waals surface area contributed by atoms with Crippen LogP contribution in [0.5, 0.6) is 5.75 Å². The number of nitrogens with zero attached hydrogens (tertiary/aromatic N) is 5. The first-order valence-corrected chi connectivity index (χ1v) is 11.2. The van der Waals surface area contributed by atoms with Crippen LogP contribution in [0.15, 0.2) is 30.5 Å². The number of methoxy groups -OCH3 is 1. The van der Waals surface area contributed by atoms with Crippen molar-refractivity contribution in [1.29, 1.82) is 0 Å². The molecule has 0 bridgehead atoms. The number of likely N-dealkylation sites (tertiary alicyclic amines) is 1. The molecule has 0 aliphatic carbocycles. The van der Waals surface area contributed by atoms with Gasteiger partial charge in [0.2, 0.25) is 11.9 Å². The van der Waals surface area contributed by atoms with Crippen LogP contribution in [0, 0.1) is 0 Å². The summed E-state index contributed by atoms with van der Waals surface area (Å²) >= 11 is 0. The van der Waals surface area contributed by atoms with E-state index in [1.165, 1.54) is 0 Å². The monoisotopic (exact) mass is 425 g/mol. The van der Waals surface area contributed by atoms with E-state index in [-0.39, 0.29) is 11.9 Å². The van der Waals surface area contributed by atoms with E-state index < -0.39 is 0 Å². The molecular formula is C24H35N5O2. The smallest absolute Gasteiger partial charge is 0.236 e. The second kappa shape index (κ2) is 10.6. The molecule has 7 heteroatoms. The molecule has 1 aromatic carbocycles. The second-order valence-electron chi connectivity index (χ2n) is 8.14. The number of aromatic nitrogens is 2. The molecule has 0 radical (unpaired) electrons. The minimum atomic E-state index is 0.0899. The van der Waals surface area contributed by atoms with Crippen LogP contribution in [0.3, 0.4) is 0 Å². The van der Waals surface area contributed by atoms with E-state index >= 15 is 0 Å². The molecule has 1 saturated heterocycles. The summed E-state index contributed by atoms with van der Waals surface area (Å²) in [6.45, 7) is 6.87. The quantitative estimate of drug-likeness (QED) is 0.644. The zero-order valence-electron chi connectivity index (χ0n) is 19.5. The Balaban J connectivity index is 2.00. The molecule has 0 saturated carbocycles. The lowest BCUT2D eigenvalue weighted by molar-refractivity contribution is -0.133. The standard InChI is InChI=1S/C24H35N5O2/c1-6-28(7-2)22(30)17-29-15-9-8-10-21(29)23-20(16-25-24(26-23)27(3)4)18-11-13-19(31-5)14-12-18/h11-14,16,21H,6-10,15,17H2,1-5H3/t21-/m1/s1. The molecule has 1 aliphatic rings. The molecular weight excluding hydrogens is 390 g/mol. The normalized spacial score (nSPS) is 16.7. The van der Waals surface area contributed by atoms with Crippen molar-refractivity contribution in [1.82, 2.24) is 19.8 Å². The second-order valence-corrected chi connectivity index (χ2v) is 8.14. The van der Waals surface area contributed by atoms with Gasteiger partial charge in [-0.2, -0.15) is 0 Å². The average Bonchev–Trinajstić information content (AvgIpc) is 2.80. The number of ether oxygens (including phenoxy) is 1. The first-order valence-electron chi connectivity index (χ1n) is 11.2. The molecule has 1 fully saturated rings. The summed E-state index contributed by atoms with van der Waals surface area (Å²) in [6, 6.07) is 8.10. The Kier molecular flexibility index (Phi) is 7.85. The minimum Gasteiger partial charge on any atom is -0.497 e. The van der Waals surface area contributed by atoms with Gasteiger partial charge in [0.05, 0.1) is 25.4 Å². The van der Waals surface area contributed by atoms with Crippen LogP contribution in [-0.2, 0) is 4.79 Å². The molecule has 0 unspecified atom stereocenters. The number of hydrogen-bond acceptors (Lipinski definition) is 6. The maximum absolute atomic E-state index is 12.9. The van der Waals surface area contributed by atoms with Crippen molar-refractivity contribution in [3.05, 3.63) is 36.2 Å². The Morgan fingerprint density at radius 3 is 2.48 bits per heavy atom. The summed E-state index contributed by atoms with van der Waals surface area (Å²) in [6.07, 6.45) is 5.13. The van der Waals surface area contributed by atoms with Crippen LogP contribution >= 0.6 is 0 Å². The molecule has 0 spiro atoms. The molecule has 0 N–H and O–H groups in total. The van der Waals surface area contributed by atoms with E-state index in [9.17, 15) is 4.79 Å². The number of rotatable bonds is 8. The summed E-state index contributed by atoms with van der Waals surface area (Å²) in [4.78, 5) is 28.6. The van der Waals surface area contributed by atoms with E-state index in [0.717, 1.165) is 61.5 Å². The number of anilines is 1. The largest absolute Gasteiger partial charge is 0.497 e. The summed E-state index contributed by atoms with van der Waals surface area (Å²) in [5.74, 6) is 1.69. The van der Waals surface area contributed by atoms with Crippen molar-refractivity contribution < 1.29 is 9.53 Å². The Morgan fingerprint density at radius 2 is 1.87 bits per heavy atom. The predicted octanol–water partition coefficient (Wildman–Crippen LogP) is 3.61. The molecule has 1 amide bonds. The van der Waals surface area contributed by atoms with Gasteiger partial charge in [-0.15, -0.1) is 0 Å². The van der Waals surface area contributed by atoms with E-state index in [4.69, 9.17) is 9.72 Å². The Labute approximate surface area is 186 Å². The highest BCUT2D eigenvalue weighted by Gasteiger charge is 2.30. The molecule has 2 heterocycles. The number of piperidine rings is 1. The maximum atomic E-state index is 12.9. The van der Waals surface area contributed by atoms with Crippen LogP contribution in [0.1, 0.15) is 44.8 Å². The fraction of sp³-hybridized carbons (Fsp3) is 0.542. The van der Waals surface area contributed by atoms with E-state index in [1.807, 2.05) is 68.2 Å². The van der Waals surface area contributed by atoms with Gasteiger partial charge in [-0.3, -0.25) is 9.69 Å². The van der Waals surface area contributed by atoms with Crippen LogP contribution in [-0.4, -0.2) is 73.1 Å². The number of benzene rings is 1. The van der Waals surface area contributed by atoms with Crippen molar-refractivity contribution in [2.24, 2.45) is 0 Å². The lowest BCUT2D eigenvalue weighted by Gasteiger charge is -2.37. The van der Waals surface area contributed by atoms with Crippen molar-refractivity contribution in [3.63, 3.8) is 0 Å². The summed E-state index contributed by atoms with van der Waals surface area (Å²) in [5, 5.41) is 0. The predicted molar refractivity (Wildman–Crippen MR) is 124 cm³/mol. The third kappa shape index (κ3) is 5.34. The molecule has 2 aromatic rings. The highest BCUT2D eigenvalue weighted by atomic mass is 16.5. The number of carbonyl (C=O) groups is 1. The topological polar surface area (TPSA) is 61.8 Å². The summed E-state index contributed by atoms with van der Waals surface area (Å²) in [7, 11) is 5.58. The van der Waals surface area contributed by atoms with Crippen molar-refractivity contribution in [2.45, 2.75) is 39.2 Å². The van der Waals surface area contributed by atoms with E-state index in [2.05, 4.69) is 9.88 Å². The molecule has 3 rings (SSSR count). The SMILES string of the molecule is CCN(CC)C(=O)CN1CCCC[C@@H]1c1nc(N(C)C)ncc1-c1ccc(OC)cc1. The molecule has 7 nitrogen and oxygen atoms in total. The van der Waals surface area contributed by atoms with Crippen molar-refractivity contribution in [2.75, 3.05) is 52.3 Å². The molecule has 1 atom stereocenters. The fourth-order valence-electron chi connectivity index (χ4n) is 4.19. The first-order chi connectivity index (χ1) is 15.0. The van der Waals surface area contributed by atoms with Crippen molar-refractivity contribution >= 4 is 11.9 Å². The zero-order chi connectivity index (χ0) is 22.4. The van der Waals surface area contributed by atoms with Crippen LogP contribution in [0.2, 0.25) is 0 Å². The third-order valence-corrected chi connectivity index (χ3v) is 5.99. The Morgan fingerprint density at radius 1 is 1.16 bits per heavy atom. The number of amides is 1. The van der Waals surface area contributed by atoms with Gasteiger partial charge in [0.1, 0.15) is 5.75 Å². The molecule has 1 aromatic heterocycles. The molecule has 168 valence electrons. The number of likely N-dealkylation sites (N-methyl/N-ethyl adjacent to an activating group) is 1. The van der Waals surface area contributed by atoms with Crippen LogP contribution in [0.4, 0.5) is 5.95 Å². The Bertz CT molecular complexity index is 865. The lowest BCUT2D eigenvalue weighted by atomic mass is 9.93. The highest BCUT2D eigenvalue weighted by molar-refractivity contribution is 5.78. The van der Waals surface area contributed by atoms with Gasteiger partial charge in [0, 0.05) is 38.9 Å². The van der Waals surface area contributed by atoms with Gasteiger partial charge in [-0.1, -0.05) is 18.6 Å². The third-order valence-electron chi connectivity index (χ3n) is 5.99. The van der Waals surface area contributed by atoms with Crippen LogP contribution < -0.4 is 9.64 Å². The fourth-order valence-corrected chi connectivity index (χ4v) is 4.19. The van der Waals surface area contributed by atoms with Gasteiger partial charge in [-0.05, 0) is 50.9 Å². The number of hydrogen-bond donors (Lipinski definition) is 0. The first kappa shape index (κ1) is 23.0. The summed E-state index contributed by atoms with van der Waals surface area (Å²) in [5.41, 5.74) is 3.07. The van der Waals surface area contributed by atoms with Crippen molar-refractivity contribution in [3.8, 4) is 16.9 Å². The van der Waals surface area contributed by atoms with E-state index in [0.29, 0.717) is 12.5 Å². The van der Waals surface area contributed by atoms with Gasteiger partial charge in [-0.25, -0.2) is 9.97 Å². The maximum Gasteiger partial charge on any atom is 0.236 e. The average molecular weight is 426 g/mol. The summed E-state index contributed by atoms with van der Waals surface area (Å²) < 4.78 is 5.32.